The Kier molecular flexibility index (Phi) is 3.52. The molecule has 1 N–H and O–H groups in total. The summed E-state index contributed by atoms with van der Waals surface area (Å²) in [4.78, 5) is 12.9. The minimum absolute atomic E-state index is 0.0908. The van der Waals surface area contributed by atoms with Gasteiger partial charge in [0.1, 0.15) is 18.1 Å². The van der Waals surface area contributed by atoms with E-state index < -0.39 is 0 Å². The van der Waals surface area contributed by atoms with Crippen molar-refractivity contribution in [2.75, 3.05) is 0 Å². The summed E-state index contributed by atoms with van der Waals surface area (Å²) in [6.45, 7) is -0.151. The Morgan fingerprint density at radius 1 is 0.958 bits per heavy atom. The van der Waals surface area contributed by atoms with Gasteiger partial charge in [0, 0.05) is 22.7 Å². The van der Waals surface area contributed by atoms with Crippen molar-refractivity contribution < 1.29 is 14.3 Å². The number of carbonyl (C=O) groups is 1. The van der Waals surface area contributed by atoms with Crippen molar-refractivity contribution in [3.63, 3.8) is 0 Å². The van der Waals surface area contributed by atoms with E-state index in [1.807, 2.05) is 48.5 Å². The molecule has 0 saturated carbocycles. The molecule has 0 spiro atoms. The van der Waals surface area contributed by atoms with Gasteiger partial charge in [-0.3, -0.25) is 9.36 Å². The summed E-state index contributed by atoms with van der Waals surface area (Å²) in [6.07, 6.45) is 1.79. The summed E-state index contributed by atoms with van der Waals surface area (Å²) in [7, 11) is 0. The molecule has 0 bridgehead atoms. The van der Waals surface area contributed by atoms with E-state index in [0.717, 1.165) is 16.5 Å². The van der Waals surface area contributed by atoms with Crippen LogP contribution < -0.4 is 0 Å². The van der Waals surface area contributed by atoms with Gasteiger partial charge in [-0.15, -0.1) is 0 Å². The molecule has 4 nitrogen and oxygen atoms in total. The number of aliphatic hydroxyl groups excluding tert-OH is 1. The standard InChI is InChI=1S/C20H15NO3/c22-13-15-10-11-19(24-15)17-12-21(18-9-5-4-8-16(17)18)20(23)14-6-2-1-3-7-14/h1-12,22H,13H2. The van der Waals surface area contributed by atoms with E-state index >= 15 is 0 Å². The number of fused-ring (bicyclic) bond motifs is 1. The second kappa shape index (κ2) is 5.83. The van der Waals surface area contributed by atoms with Crippen LogP contribution in [0.3, 0.4) is 0 Å². The quantitative estimate of drug-likeness (QED) is 0.619. The van der Waals surface area contributed by atoms with Gasteiger partial charge in [0.15, 0.2) is 0 Å². The van der Waals surface area contributed by atoms with Gasteiger partial charge >= 0.3 is 0 Å². The second-order valence-electron chi connectivity index (χ2n) is 5.53. The smallest absolute Gasteiger partial charge is 0.262 e. The van der Waals surface area contributed by atoms with E-state index in [9.17, 15) is 9.90 Å². The third-order valence-electron chi connectivity index (χ3n) is 4.03. The van der Waals surface area contributed by atoms with Crippen LogP contribution in [0, 0.1) is 0 Å². The average molecular weight is 317 g/mol. The minimum Gasteiger partial charge on any atom is -0.459 e. The van der Waals surface area contributed by atoms with E-state index in [1.165, 1.54) is 0 Å². The zero-order valence-electron chi connectivity index (χ0n) is 12.8. The number of furan rings is 1. The number of hydrogen-bond acceptors (Lipinski definition) is 3. The van der Waals surface area contributed by atoms with Crippen molar-refractivity contribution in [2.45, 2.75) is 6.61 Å². The van der Waals surface area contributed by atoms with Gasteiger partial charge in [0.05, 0.1) is 5.52 Å². The molecule has 0 aliphatic carbocycles. The molecule has 0 fully saturated rings. The van der Waals surface area contributed by atoms with Gasteiger partial charge in [-0.1, -0.05) is 36.4 Å². The summed E-state index contributed by atoms with van der Waals surface area (Å²) >= 11 is 0. The minimum atomic E-state index is -0.151. The lowest BCUT2D eigenvalue weighted by atomic mass is 10.1. The molecule has 0 aliphatic rings. The van der Waals surface area contributed by atoms with Gasteiger partial charge in [0.25, 0.3) is 5.91 Å². The Balaban J connectivity index is 1.90. The fourth-order valence-corrected chi connectivity index (χ4v) is 2.87. The number of benzene rings is 2. The Bertz CT molecular complexity index is 1010. The van der Waals surface area contributed by atoms with Crippen LogP contribution in [-0.4, -0.2) is 15.6 Å². The van der Waals surface area contributed by atoms with Gasteiger partial charge in [-0.05, 0) is 30.3 Å². The van der Waals surface area contributed by atoms with Crippen LogP contribution in [0.15, 0.2) is 77.3 Å². The van der Waals surface area contributed by atoms with Crippen molar-refractivity contribution in [3.8, 4) is 11.3 Å². The predicted molar refractivity (Wildman–Crippen MR) is 91.7 cm³/mol. The number of hydrogen-bond donors (Lipinski definition) is 1. The predicted octanol–water partition coefficient (Wildman–Crippen LogP) is 4.08. The van der Waals surface area contributed by atoms with Gasteiger partial charge in [0.2, 0.25) is 0 Å². The highest BCUT2D eigenvalue weighted by atomic mass is 16.4. The molecule has 2 aromatic carbocycles. The van der Waals surface area contributed by atoms with Gasteiger partial charge in [-0.25, -0.2) is 0 Å². The van der Waals surface area contributed by atoms with Crippen LogP contribution in [0.25, 0.3) is 22.2 Å². The largest absolute Gasteiger partial charge is 0.459 e. The molecule has 4 aromatic rings. The molecule has 0 atom stereocenters. The van der Waals surface area contributed by atoms with Crippen LogP contribution in [0.2, 0.25) is 0 Å². The average Bonchev–Trinajstić information content (AvgIpc) is 3.26. The maximum Gasteiger partial charge on any atom is 0.262 e. The van der Waals surface area contributed by atoms with E-state index in [1.54, 1.807) is 29.0 Å². The third kappa shape index (κ3) is 2.33. The fourth-order valence-electron chi connectivity index (χ4n) is 2.87. The van der Waals surface area contributed by atoms with Gasteiger partial charge in [-0.2, -0.15) is 0 Å². The van der Waals surface area contributed by atoms with Gasteiger partial charge < -0.3 is 9.52 Å². The molecular formula is C20H15NO3. The lowest BCUT2D eigenvalue weighted by Crippen LogP contribution is -2.10. The first-order chi connectivity index (χ1) is 11.8. The molecule has 0 aliphatic heterocycles. The molecular weight excluding hydrogens is 302 g/mol. The van der Waals surface area contributed by atoms with Crippen molar-refractivity contribution in [1.29, 1.82) is 0 Å². The molecule has 0 amide bonds. The molecule has 0 unspecified atom stereocenters. The zero-order valence-corrected chi connectivity index (χ0v) is 12.8. The molecule has 4 heteroatoms. The molecule has 4 rings (SSSR count). The van der Waals surface area contributed by atoms with E-state index in [4.69, 9.17) is 4.42 Å². The van der Waals surface area contributed by atoms with Crippen molar-refractivity contribution in [3.05, 3.63) is 84.3 Å². The maximum atomic E-state index is 12.9. The summed E-state index contributed by atoms with van der Waals surface area (Å²) in [5, 5.41) is 10.1. The first-order valence-electron chi connectivity index (χ1n) is 7.67. The summed E-state index contributed by atoms with van der Waals surface area (Å²) in [6, 6.07) is 20.4. The van der Waals surface area contributed by atoms with Crippen LogP contribution in [-0.2, 0) is 6.61 Å². The Morgan fingerprint density at radius 2 is 1.71 bits per heavy atom. The number of aliphatic hydroxyl groups is 1. The monoisotopic (exact) mass is 317 g/mol. The topological polar surface area (TPSA) is 55.4 Å². The number of carbonyl (C=O) groups excluding carboxylic acids is 1. The number of nitrogens with zero attached hydrogens (tertiary/aromatic N) is 1. The summed E-state index contributed by atoms with van der Waals surface area (Å²) in [5.41, 5.74) is 2.28. The summed E-state index contributed by atoms with van der Waals surface area (Å²) in [5.74, 6) is 1.04. The lowest BCUT2D eigenvalue weighted by Gasteiger charge is -2.03. The highest BCUT2D eigenvalue weighted by Crippen LogP contribution is 2.32. The second-order valence-corrected chi connectivity index (χ2v) is 5.53. The first kappa shape index (κ1) is 14.5. The summed E-state index contributed by atoms with van der Waals surface area (Å²) < 4.78 is 7.29. The normalized spacial score (nSPS) is 11.0. The SMILES string of the molecule is O=C(c1ccccc1)n1cc(-c2ccc(CO)o2)c2ccccc21. The van der Waals surface area contributed by atoms with E-state index in [-0.39, 0.29) is 12.5 Å². The first-order valence-corrected chi connectivity index (χ1v) is 7.67. The zero-order chi connectivity index (χ0) is 16.5. The van der Waals surface area contributed by atoms with E-state index in [0.29, 0.717) is 17.1 Å². The van der Waals surface area contributed by atoms with E-state index in [2.05, 4.69) is 0 Å². The Labute approximate surface area is 138 Å². The van der Waals surface area contributed by atoms with Crippen LogP contribution in [0.4, 0.5) is 0 Å². The molecule has 0 saturated heterocycles. The Morgan fingerprint density at radius 3 is 2.46 bits per heavy atom. The van der Waals surface area contributed by atoms with Crippen LogP contribution in [0.5, 0.6) is 0 Å². The highest BCUT2D eigenvalue weighted by Gasteiger charge is 2.17. The molecule has 0 radical (unpaired) electrons. The third-order valence-corrected chi connectivity index (χ3v) is 4.03. The number of para-hydroxylation sites is 1. The maximum absolute atomic E-state index is 12.9. The fraction of sp³-hybridized carbons (Fsp3) is 0.0500. The van der Waals surface area contributed by atoms with Crippen molar-refractivity contribution >= 4 is 16.8 Å². The number of rotatable bonds is 3. The molecule has 24 heavy (non-hydrogen) atoms. The van der Waals surface area contributed by atoms with Crippen LogP contribution in [0.1, 0.15) is 16.1 Å². The van der Waals surface area contributed by atoms with Crippen LogP contribution >= 0.6 is 0 Å². The number of aromatic nitrogens is 1. The Hall–Kier alpha value is -3.11. The van der Waals surface area contributed by atoms with Crippen molar-refractivity contribution in [2.24, 2.45) is 0 Å². The molecule has 118 valence electrons. The lowest BCUT2D eigenvalue weighted by molar-refractivity contribution is 0.0965. The molecule has 2 heterocycles. The molecule has 2 aromatic heterocycles. The van der Waals surface area contributed by atoms with Crippen molar-refractivity contribution in [1.82, 2.24) is 4.57 Å². The highest BCUT2D eigenvalue weighted by molar-refractivity contribution is 6.06.